The zero-order valence-electron chi connectivity index (χ0n) is 12.0. The van der Waals surface area contributed by atoms with E-state index in [9.17, 15) is 5.11 Å². The van der Waals surface area contributed by atoms with Gasteiger partial charge in [0.1, 0.15) is 0 Å². The number of unbranched alkanes of at least 4 members (excludes halogenated alkanes) is 6. The van der Waals surface area contributed by atoms with Gasteiger partial charge in [0.15, 0.2) is 0 Å². The molecule has 0 aromatic carbocycles. The number of hydrogen-bond donors (Lipinski definition) is 2. The average molecular weight is 253 g/mol. The van der Waals surface area contributed by atoms with Gasteiger partial charge in [0, 0.05) is 6.04 Å². The Morgan fingerprint density at radius 1 is 1.00 bits per heavy atom. The van der Waals surface area contributed by atoms with E-state index in [-0.39, 0.29) is 12.1 Å². The predicted octanol–water partition coefficient (Wildman–Crippen LogP) is 3.95. The summed E-state index contributed by atoms with van der Waals surface area (Å²) in [5.41, 5.74) is 5.59. The lowest BCUT2D eigenvalue weighted by molar-refractivity contribution is 0.139. The standard InChI is InChI=1S/C16H31NO/c1-3-4-5-6-7-8-9-10-11-12-13-14-16(18)15(2)17/h3,10-11,15-16,18H,1,4-9,12-14,17H2,2H3. The van der Waals surface area contributed by atoms with Crippen LogP contribution in [0.4, 0.5) is 0 Å². The lowest BCUT2D eigenvalue weighted by Crippen LogP contribution is -2.31. The summed E-state index contributed by atoms with van der Waals surface area (Å²) in [4.78, 5) is 0. The Bertz CT molecular complexity index is 211. The van der Waals surface area contributed by atoms with Gasteiger partial charge in [-0.25, -0.2) is 0 Å². The summed E-state index contributed by atoms with van der Waals surface area (Å²) in [6, 6.07) is -0.107. The van der Waals surface area contributed by atoms with E-state index in [1.807, 2.05) is 13.0 Å². The summed E-state index contributed by atoms with van der Waals surface area (Å²) < 4.78 is 0. The first-order chi connectivity index (χ1) is 8.68. The topological polar surface area (TPSA) is 46.2 Å². The molecule has 0 bridgehead atoms. The highest BCUT2D eigenvalue weighted by atomic mass is 16.3. The van der Waals surface area contributed by atoms with Crippen LogP contribution in [0.1, 0.15) is 64.7 Å². The molecule has 18 heavy (non-hydrogen) atoms. The molecule has 0 saturated carbocycles. The fourth-order valence-electron chi connectivity index (χ4n) is 1.85. The number of allylic oxidation sites excluding steroid dienone is 3. The number of nitrogens with two attached hydrogens (primary N) is 1. The summed E-state index contributed by atoms with van der Waals surface area (Å²) in [5, 5.41) is 9.51. The Labute approximate surface area is 113 Å². The van der Waals surface area contributed by atoms with Gasteiger partial charge in [-0.15, -0.1) is 6.58 Å². The van der Waals surface area contributed by atoms with Crippen molar-refractivity contribution in [3.05, 3.63) is 24.8 Å². The highest BCUT2D eigenvalue weighted by Gasteiger charge is 2.07. The van der Waals surface area contributed by atoms with Gasteiger partial charge in [-0.1, -0.05) is 31.1 Å². The number of aliphatic hydroxyl groups is 1. The minimum absolute atomic E-state index is 0.107. The molecule has 0 heterocycles. The normalized spacial score (nSPS) is 14.8. The van der Waals surface area contributed by atoms with Crippen LogP contribution in [0.2, 0.25) is 0 Å². The molecule has 2 atom stereocenters. The third kappa shape index (κ3) is 11.9. The number of hydrogen-bond acceptors (Lipinski definition) is 2. The highest BCUT2D eigenvalue weighted by molar-refractivity contribution is 4.82. The third-order valence-corrected chi connectivity index (χ3v) is 3.17. The molecule has 2 unspecified atom stereocenters. The van der Waals surface area contributed by atoms with Crippen LogP contribution in [0.25, 0.3) is 0 Å². The van der Waals surface area contributed by atoms with Gasteiger partial charge in [0.2, 0.25) is 0 Å². The predicted molar refractivity (Wildman–Crippen MR) is 80.5 cm³/mol. The van der Waals surface area contributed by atoms with Crippen molar-refractivity contribution in [2.75, 3.05) is 0 Å². The molecule has 0 fully saturated rings. The van der Waals surface area contributed by atoms with Gasteiger partial charge in [-0.3, -0.25) is 0 Å². The van der Waals surface area contributed by atoms with Gasteiger partial charge in [-0.05, 0) is 51.9 Å². The van der Waals surface area contributed by atoms with E-state index >= 15 is 0 Å². The molecular formula is C16H31NO. The largest absolute Gasteiger partial charge is 0.392 e. The van der Waals surface area contributed by atoms with Crippen molar-refractivity contribution >= 4 is 0 Å². The first-order valence-corrected chi connectivity index (χ1v) is 7.38. The van der Waals surface area contributed by atoms with E-state index in [2.05, 4.69) is 18.7 Å². The lowest BCUT2D eigenvalue weighted by atomic mass is 10.1. The van der Waals surface area contributed by atoms with Crippen LogP contribution >= 0.6 is 0 Å². The fourth-order valence-corrected chi connectivity index (χ4v) is 1.85. The highest BCUT2D eigenvalue weighted by Crippen LogP contribution is 2.08. The van der Waals surface area contributed by atoms with Crippen LogP contribution in [0.5, 0.6) is 0 Å². The second-order valence-electron chi connectivity index (χ2n) is 5.11. The molecular weight excluding hydrogens is 222 g/mol. The molecule has 0 amide bonds. The fraction of sp³-hybridized carbons (Fsp3) is 0.750. The van der Waals surface area contributed by atoms with Gasteiger partial charge in [0.05, 0.1) is 6.10 Å². The monoisotopic (exact) mass is 253 g/mol. The average Bonchev–Trinajstić information content (AvgIpc) is 2.35. The van der Waals surface area contributed by atoms with Crippen molar-refractivity contribution < 1.29 is 5.11 Å². The van der Waals surface area contributed by atoms with Crippen molar-refractivity contribution in [1.82, 2.24) is 0 Å². The summed E-state index contributed by atoms with van der Waals surface area (Å²) in [6.45, 7) is 5.58. The summed E-state index contributed by atoms with van der Waals surface area (Å²) in [7, 11) is 0. The van der Waals surface area contributed by atoms with Gasteiger partial charge in [-0.2, -0.15) is 0 Å². The summed E-state index contributed by atoms with van der Waals surface area (Å²) >= 11 is 0. The molecule has 0 saturated heterocycles. The molecule has 2 nitrogen and oxygen atoms in total. The quantitative estimate of drug-likeness (QED) is 0.408. The molecule has 0 aromatic rings. The SMILES string of the molecule is C=CCCCCCCC=CCCCC(O)C(C)N. The maximum Gasteiger partial charge on any atom is 0.0688 e. The van der Waals surface area contributed by atoms with E-state index in [1.165, 1.54) is 32.1 Å². The third-order valence-electron chi connectivity index (χ3n) is 3.17. The van der Waals surface area contributed by atoms with E-state index in [4.69, 9.17) is 5.73 Å². The van der Waals surface area contributed by atoms with Gasteiger partial charge < -0.3 is 10.8 Å². The molecule has 106 valence electrons. The Morgan fingerprint density at radius 3 is 2.11 bits per heavy atom. The molecule has 3 N–H and O–H groups in total. The smallest absolute Gasteiger partial charge is 0.0688 e. The van der Waals surface area contributed by atoms with E-state index in [0.29, 0.717) is 0 Å². The molecule has 0 rings (SSSR count). The van der Waals surface area contributed by atoms with Gasteiger partial charge in [0.25, 0.3) is 0 Å². The van der Waals surface area contributed by atoms with Crippen LogP contribution in [0.3, 0.4) is 0 Å². The van der Waals surface area contributed by atoms with Crippen molar-refractivity contribution in [2.45, 2.75) is 76.9 Å². The van der Waals surface area contributed by atoms with E-state index < -0.39 is 0 Å². The summed E-state index contributed by atoms with van der Waals surface area (Å²) in [6.07, 6.45) is 16.6. The Morgan fingerprint density at radius 2 is 1.56 bits per heavy atom. The zero-order valence-corrected chi connectivity index (χ0v) is 12.0. The second-order valence-corrected chi connectivity index (χ2v) is 5.11. The molecule has 0 aliphatic rings. The first-order valence-electron chi connectivity index (χ1n) is 7.38. The lowest BCUT2D eigenvalue weighted by Gasteiger charge is -2.12. The van der Waals surface area contributed by atoms with Crippen molar-refractivity contribution in [2.24, 2.45) is 5.73 Å². The molecule has 0 aliphatic carbocycles. The summed E-state index contributed by atoms with van der Waals surface area (Å²) in [5.74, 6) is 0. The van der Waals surface area contributed by atoms with Crippen LogP contribution in [-0.2, 0) is 0 Å². The minimum Gasteiger partial charge on any atom is -0.392 e. The molecule has 0 aromatic heterocycles. The van der Waals surface area contributed by atoms with Gasteiger partial charge >= 0.3 is 0 Å². The Hall–Kier alpha value is -0.600. The molecule has 0 aliphatic heterocycles. The first kappa shape index (κ1) is 17.4. The second kappa shape index (κ2) is 12.8. The van der Waals surface area contributed by atoms with E-state index in [0.717, 1.165) is 25.7 Å². The maximum atomic E-state index is 9.51. The number of aliphatic hydroxyl groups excluding tert-OH is 1. The molecule has 0 radical (unpaired) electrons. The van der Waals surface area contributed by atoms with Crippen molar-refractivity contribution in [1.29, 1.82) is 0 Å². The molecule has 0 spiro atoms. The molecule has 2 heteroatoms. The Kier molecular flexibility index (Phi) is 12.4. The van der Waals surface area contributed by atoms with Crippen LogP contribution in [-0.4, -0.2) is 17.3 Å². The minimum atomic E-state index is -0.344. The Balaban J connectivity index is 3.21. The van der Waals surface area contributed by atoms with Crippen LogP contribution < -0.4 is 5.73 Å². The number of rotatable bonds is 12. The van der Waals surface area contributed by atoms with Crippen molar-refractivity contribution in [3.8, 4) is 0 Å². The zero-order chi connectivity index (χ0) is 13.6. The maximum absolute atomic E-state index is 9.51. The van der Waals surface area contributed by atoms with Crippen LogP contribution in [0, 0.1) is 0 Å². The van der Waals surface area contributed by atoms with E-state index in [1.54, 1.807) is 0 Å². The van der Waals surface area contributed by atoms with Crippen molar-refractivity contribution in [3.63, 3.8) is 0 Å². The van der Waals surface area contributed by atoms with Crippen LogP contribution in [0.15, 0.2) is 24.8 Å².